The van der Waals surface area contributed by atoms with Crippen molar-refractivity contribution in [3.63, 3.8) is 0 Å². The first kappa shape index (κ1) is 12.2. The van der Waals surface area contributed by atoms with Gasteiger partial charge in [-0.3, -0.25) is 4.98 Å². The van der Waals surface area contributed by atoms with Crippen LogP contribution >= 0.6 is 0 Å². The zero-order valence-electron chi connectivity index (χ0n) is 9.05. The molecule has 0 aliphatic carbocycles. The molecule has 0 atom stereocenters. The third kappa shape index (κ3) is 2.87. The van der Waals surface area contributed by atoms with Crippen LogP contribution < -0.4 is 11.0 Å². The zero-order valence-corrected chi connectivity index (χ0v) is 9.05. The molecule has 0 saturated carbocycles. The van der Waals surface area contributed by atoms with Crippen molar-refractivity contribution in [1.82, 2.24) is 20.1 Å². The van der Waals surface area contributed by atoms with Crippen molar-refractivity contribution in [3.05, 3.63) is 16.3 Å². The molecule has 0 unspecified atom stereocenters. The topological polar surface area (TPSA) is 62.7 Å². The van der Waals surface area contributed by atoms with E-state index in [2.05, 4.69) is 10.4 Å². The molecule has 1 aromatic heterocycles. The van der Waals surface area contributed by atoms with Crippen LogP contribution in [0.2, 0.25) is 0 Å². The minimum atomic E-state index is -4.60. The van der Waals surface area contributed by atoms with E-state index in [4.69, 9.17) is 0 Å². The number of hydrogen-bond donors (Lipinski definition) is 2. The van der Waals surface area contributed by atoms with Gasteiger partial charge < -0.3 is 5.32 Å². The highest BCUT2D eigenvalue weighted by Gasteiger charge is 2.36. The summed E-state index contributed by atoms with van der Waals surface area (Å²) in [6.45, 7) is 1.90. The van der Waals surface area contributed by atoms with Gasteiger partial charge in [0.25, 0.3) is 0 Å². The standard InChI is InChI=1S/C9H13F3N4O/c10-9(11,12)7-14-8(17)16(15-7)5-6-1-3-13-4-2-6/h6,13H,1-5H2,(H,14,15,17). The molecule has 96 valence electrons. The molecule has 1 aliphatic rings. The van der Waals surface area contributed by atoms with E-state index < -0.39 is 17.7 Å². The van der Waals surface area contributed by atoms with Crippen LogP contribution in [-0.2, 0) is 12.7 Å². The number of aromatic amines is 1. The number of halogens is 3. The van der Waals surface area contributed by atoms with Crippen molar-refractivity contribution in [2.45, 2.75) is 25.6 Å². The largest absolute Gasteiger partial charge is 0.451 e. The summed E-state index contributed by atoms with van der Waals surface area (Å²) in [5.41, 5.74) is -0.796. The Bertz CT molecular complexity index is 430. The van der Waals surface area contributed by atoms with Crippen LogP contribution in [-0.4, -0.2) is 27.9 Å². The predicted molar refractivity (Wildman–Crippen MR) is 53.4 cm³/mol. The van der Waals surface area contributed by atoms with Gasteiger partial charge in [-0.25, -0.2) is 9.48 Å². The second kappa shape index (κ2) is 4.52. The minimum Gasteiger partial charge on any atom is -0.317 e. The van der Waals surface area contributed by atoms with E-state index in [1.54, 1.807) is 4.98 Å². The van der Waals surface area contributed by atoms with Gasteiger partial charge in [-0.05, 0) is 31.8 Å². The molecule has 2 rings (SSSR count). The third-order valence-corrected chi connectivity index (χ3v) is 2.84. The summed E-state index contributed by atoms with van der Waals surface area (Å²) in [6.07, 6.45) is -2.90. The molecule has 17 heavy (non-hydrogen) atoms. The van der Waals surface area contributed by atoms with Gasteiger partial charge in [-0.2, -0.15) is 13.2 Å². The van der Waals surface area contributed by atoms with E-state index in [0.717, 1.165) is 30.6 Å². The Hall–Kier alpha value is -1.31. The van der Waals surface area contributed by atoms with Gasteiger partial charge in [0.1, 0.15) is 0 Å². The highest BCUT2D eigenvalue weighted by molar-refractivity contribution is 4.88. The highest BCUT2D eigenvalue weighted by Crippen LogP contribution is 2.24. The smallest absolute Gasteiger partial charge is 0.317 e. The van der Waals surface area contributed by atoms with E-state index in [0.29, 0.717) is 0 Å². The lowest BCUT2D eigenvalue weighted by atomic mass is 9.98. The van der Waals surface area contributed by atoms with Gasteiger partial charge in [0.2, 0.25) is 5.82 Å². The molecule has 1 fully saturated rings. The molecular formula is C9H13F3N4O. The summed E-state index contributed by atoms with van der Waals surface area (Å²) in [4.78, 5) is 13.0. The zero-order chi connectivity index (χ0) is 12.5. The predicted octanol–water partition coefficient (Wildman–Crippen LogP) is 0.590. The summed E-state index contributed by atoms with van der Waals surface area (Å²) in [5.74, 6) is -1.02. The normalized spacial score (nSPS) is 18.5. The lowest BCUT2D eigenvalue weighted by molar-refractivity contribution is -0.145. The molecule has 1 saturated heterocycles. The third-order valence-electron chi connectivity index (χ3n) is 2.84. The number of piperidine rings is 1. The first-order valence-electron chi connectivity index (χ1n) is 5.42. The summed E-state index contributed by atoms with van der Waals surface area (Å²) in [5, 5.41) is 6.43. The Morgan fingerprint density at radius 2 is 2.00 bits per heavy atom. The molecule has 1 aliphatic heterocycles. The van der Waals surface area contributed by atoms with Crippen LogP contribution in [0.4, 0.5) is 13.2 Å². The first-order chi connectivity index (χ1) is 7.97. The number of rotatable bonds is 2. The molecule has 0 bridgehead atoms. The van der Waals surface area contributed by atoms with Gasteiger partial charge in [0.05, 0.1) is 0 Å². The summed E-state index contributed by atoms with van der Waals surface area (Å²) in [6, 6.07) is 0. The maximum absolute atomic E-state index is 12.3. The highest BCUT2D eigenvalue weighted by atomic mass is 19.4. The Morgan fingerprint density at radius 3 is 2.53 bits per heavy atom. The fourth-order valence-corrected chi connectivity index (χ4v) is 1.92. The minimum absolute atomic E-state index is 0.207. The average molecular weight is 250 g/mol. The number of aromatic nitrogens is 3. The number of nitrogens with zero attached hydrogens (tertiary/aromatic N) is 2. The molecule has 1 aromatic rings. The van der Waals surface area contributed by atoms with Gasteiger partial charge in [0, 0.05) is 6.54 Å². The van der Waals surface area contributed by atoms with Crippen LogP contribution in [0.25, 0.3) is 0 Å². The summed E-state index contributed by atoms with van der Waals surface area (Å²) >= 11 is 0. The molecule has 0 spiro atoms. The second-order valence-electron chi connectivity index (χ2n) is 4.15. The quantitative estimate of drug-likeness (QED) is 0.807. The van der Waals surface area contributed by atoms with Crippen LogP contribution in [0, 0.1) is 5.92 Å². The van der Waals surface area contributed by atoms with E-state index in [1.807, 2.05) is 0 Å². The lowest BCUT2D eigenvalue weighted by Crippen LogP contribution is -2.32. The maximum atomic E-state index is 12.3. The molecule has 5 nitrogen and oxygen atoms in total. The van der Waals surface area contributed by atoms with Gasteiger partial charge in [-0.15, -0.1) is 5.10 Å². The average Bonchev–Trinajstić information content (AvgIpc) is 2.62. The number of alkyl halides is 3. The van der Waals surface area contributed by atoms with E-state index in [9.17, 15) is 18.0 Å². The fourth-order valence-electron chi connectivity index (χ4n) is 1.92. The Morgan fingerprint density at radius 1 is 1.35 bits per heavy atom. The summed E-state index contributed by atoms with van der Waals surface area (Å²) < 4.78 is 37.8. The second-order valence-corrected chi connectivity index (χ2v) is 4.15. The molecule has 2 heterocycles. The molecule has 0 amide bonds. The van der Waals surface area contributed by atoms with Gasteiger partial charge in [0.15, 0.2) is 0 Å². The van der Waals surface area contributed by atoms with Crippen LogP contribution in [0.3, 0.4) is 0 Å². The SMILES string of the molecule is O=c1[nH]c(C(F)(F)F)nn1CC1CCNCC1. The Balaban J connectivity index is 2.10. The molecular weight excluding hydrogens is 237 g/mol. The Kier molecular flexibility index (Phi) is 3.23. The van der Waals surface area contributed by atoms with Gasteiger partial charge in [-0.1, -0.05) is 0 Å². The van der Waals surface area contributed by atoms with Crippen molar-refractivity contribution < 1.29 is 13.2 Å². The van der Waals surface area contributed by atoms with Crippen molar-refractivity contribution >= 4 is 0 Å². The van der Waals surface area contributed by atoms with Crippen LogP contribution in [0.15, 0.2) is 4.79 Å². The van der Waals surface area contributed by atoms with Crippen LogP contribution in [0.5, 0.6) is 0 Å². The van der Waals surface area contributed by atoms with Crippen molar-refractivity contribution in [1.29, 1.82) is 0 Å². The Labute approximate surface area is 95.0 Å². The van der Waals surface area contributed by atoms with E-state index in [-0.39, 0.29) is 12.5 Å². The van der Waals surface area contributed by atoms with E-state index in [1.165, 1.54) is 0 Å². The lowest BCUT2D eigenvalue weighted by Gasteiger charge is -2.21. The number of hydrogen-bond acceptors (Lipinski definition) is 3. The monoisotopic (exact) mass is 250 g/mol. The maximum Gasteiger partial charge on any atom is 0.451 e. The van der Waals surface area contributed by atoms with Gasteiger partial charge >= 0.3 is 11.9 Å². The molecule has 8 heteroatoms. The summed E-state index contributed by atoms with van der Waals surface area (Å²) in [7, 11) is 0. The van der Waals surface area contributed by atoms with Crippen molar-refractivity contribution in [2.75, 3.05) is 13.1 Å². The molecule has 0 aromatic carbocycles. The van der Waals surface area contributed by atoms with Crippen molar-refractivity contribution in [3.8, 4) is 0 Å². The molecule has 0 radical (unpaired) electrons. The number of nitrogens with one attached hydrogen (secondary N) is 2. The molecule has 2 N–H and O–H groups in total. The van der Waals surface area contributed by atoms with Crippen LogP contribution in [0.1, 0.15) is 18.7 Å². The van der Waals surface area contributed by atoms with E-state index >= 15 is 0 Å². The fraction of sp³-hybridized carbons (Fsp3) is 0.778. The van der Waals surface area contributed by atoms with Crippen molar-refractivity contribution in [2.24, 2.45) is 5.92 Å². The number of H-pyrrole nitrogens is 1. The first-order valence-corrected chi connectivity index (χ1v) is 5.42.